The van der Waals surface area contributed by atoms with Crippen LogP contribution in [0.25, 0.3) is 0 Å². The Hall–Kier alpha value is -5.75. The van der Waals surface area contributed by atoms with Gasteiger partial charge in [0.1, 0.15) is 60.0 Å². The van der Waals surface area contributed by atoms with Crippen molar-refractivity contribution < 1.29 is 93.2 Å². The predicted molar refractivity (Wildman–Crippen MR) is 210 cm³/mol. The van der Waals surface area contributed by atoms with E-state index in [0.29, 0.717) is 5.56 Å². The fourth-order valence-corrected chi connectivity index (χ4v) is 8.21. The minimum absolute atomic E-state index is 0.0520. The molecule has 2 unspecified atom stereocenters. The maximum atomic E-state index is 13.9. The van der Waals surface area contributed by atoms with E-state index >= 15 is 0 Å². The van der Waals surface area contributed by atoms with Gasteiger partial charge in [-0.05, 0) is 37.6 Å². The van der Waals surface area contributed by atoms with Crippen LogP contribution in [0.2, 0.25) is 0 Å². The third kappa shape index (κ3) is 8.54. The second kappa shape index (κ2) is 17.8. The number of benzene rings is 3. The Morgan fingerprint density at radius 2 is 1.57 bits per heavy atom. The number of fused-ring (bicyclic) bond motifs is 3. The molecule has 0 saturated carbocycles. The van der Waals surface area contributed by atoms with Crippen molar-refractivity contribution in [3.63, 3.8) is 0 Å². The Morgan fingerprint density at radius 1 is 0.873 bits per heavy atom. The first-order valence-corrected chi connectivity index (χ1v) is 19.8. The number of aliphatic hydroxyl groups excluding tert-OH is 5. The number of aromatic hydroxyl groups is 2. The molecule has 3 aromatic rings. The van der Waals surface area contributed by atoms with E-state index in [4.69, 9.17) is 28.4 Å². The molecule has 2 heterocycles. The van der Waals surface area contributed by atoms with Crippen molar-refractivity contribution in [3.05, 3.63) is 81.4 Å². The number of carbonyl (C=O) groups is 5. The lowest BCUT2D eigenvalue weighted by Gasteiger charge is -2.42. The van der Waals surface area contributed by atoms with Gasteiger partial charge in [0.05, 0.1) is 48.7 Å². The van der Waals surface area contributed by atoms with Crippen LogP contribution in [0.15, 0.2) is 42.5 Å². The summed E-state index contributed by atoms with van der Waals surface area (Å²) in [6.45, 7) is 1.62. The van der Waals surface area contributed by atoms with Gasteiger partial charge in [-0.15, -0.1) is 0 Å². The Balaban J connectivity index is 1.02. The first kappa shape index (κ1) is 45.3. The normalized spacial score (nSPS) is 30.0. The number of nitrogens with one attached hydrogen (secondary N) is 2. The van der Waals surface area contributed by atoms with E-state index in [9.17, 15) is 64.8 Å². The lowest BCUT2D eigenvalue weighted by molar-refractivity contribution is -0.283. The first-order chi connectivity index (χ1) is 29.9. The number of anilines is 1. The molecular weight excluding hydrogens is 836 g/mol. The summed E-state index contributed by atoms with van der Waals surface area (Å²) in [6, 6.07) is 9.11. The van der Waals surface area contributed by atoms with Gasteiger partial charge in [-0.2, -0.15) is 0 Å². The molecule has 2 aliphatic heterocycles. The Labute approximate surface area is 357 Å². The molecule has 338 valence electrons. The second-order valence-corrected chi connectivity index (χ2v) is 15.7. The van der Waals surface area contributed by atoms with Crippen LogP contribution in [0.1, 0.15) is 81.3 Å². The number of phenolic OH excluding ortho intramolecular Hbond substituents is 2. The van der Waals surface area contributed by atoms with Gasteiger partial charge in [-0.1, -0.05) is 24.3 Å². The molecular formula is C42H46N2O19. The molecule has 0 radical (unpaired) electrons. The zero-order valence-corrected chi connectivity index (χ0v) is 33.9. The standard InChI is InChI=1S/C42H46N2O19/c1-16-31(47)22(44-40(55)59-15-18-7-9-19(10-8-18)43-41(56)63-39-38(54)37(53)34(50)25(14-45)62-39)11-26(60-16)61-24-13-42(57,17(2)46)12-21-28(24)36(52)30-29(33(21)49)32(48)20-5-4-6-23(58-3)27(20)35(30)51/h4-10,16,22,24-26,31,34,37-39,45,47,49-50,52-54,57H,11-15H2,1-3H3,(H,43,56)(H,44,55)/t16-,22-,24-,25+,26?,31+,34+,37-,38+,39?,42-/m0/s1. The molecule has 2 aliphatic carbocycles. The van der Waals surface area contributed by atoms with Crippen LogP contribution in [-0.2, 0) is 41.5 Å². The summed E-state index contributed by atoms with van der Waals surface area (Å²) in [5.74, 6) is -3.74. The Kier molecular flexibility index (Phi) is 12.8. The summed E-state index contributed by atoms with van der Waals surface area (Å²) in [7, 11) is 1.30. The molecule has 7 rings (SSSR count). The molecule has 21 heteroatoms. The number of hydrogen-bond donors (Lipinski definition) is 10. The molecule has 0 bridgehead atoms. The summed E-state index contributed by atoms with van der Waals surface area (Å²) in [6.07, 6.45) is -16.5. The molecule has 63 heavy (non-hydrogen) atoms. The van der Waals surface area contributed by atoms with Crippen molar-refractivity contribution >= 4 is 35.2 Å². The van der Waals surface area contributed by atoms with Crippen LogP contribution in [0.4, 0.5) is 15.3 Å². The third-order valence-electron chi connectivity index (χ3n) is 11.7. The number of aliphatic hydroxyl groups is 6. The van der Waals surface area contributed by atoms with Crippen molar-refractivity contribution in [1.82, 2.24) is 5.32 Å². The van der Waals surface area contributed by atoms with E-state index in [1.54, 1.807) is 0 Å². The van der Waals surface area contributed by atoms with Gasteiger partial charge in [0.15, 0.2) is 17.9 Å². The highest BCUT2D eigenvalue weighted by atomic mass is 16.7. The number of methoxy groups -OCH3 is 1. The van der Waals surface area contributed by atoms with Crippen molar-refractivity contribution in [2.75, 3.05) is 19.0 Å². The van der Waals surface area contributed by atoms with Crippen LogP contribution in [0, 0.1) is 0 Å². The largest absolute Gasteiger partial charge is 0.507 e. The molecule has 2 fully saturated rings. The average molecular weight is 883 g/mol. The lowest BCUT2D eigenvalue weighted by atomic mass is 9.72. The third-order valence-corrected chi connectivity index (χ3v) is 11.7. The molecule has 10 N–H and O–H groups in total. The Bertz CT molecular complexity index is 2300. The summed E-state index contributed by atoms with van der Waals surface area (Å²) >= 11 is 0. The van der Waals surface area contributed by atoms with Crippen molar-refractivity contribution in [1.29, 1.82) is 0 Å². The topological polar surface area (TPSA) is 327 Å². The number of hydrogen-bond acceptors (Lipinski definition) is 19. The maximum Gasteiger partial charge on any atom is 0.414 e. The van der Waals surface area contributed by atoms with Crippen LogP contribution in [0.3, 0.4) is 0 Å². The van der Waals surface area contributed by atoms with Gasteiger partial charge in [0.25, 0.3) is 0 Å². The Morgan fingerprint density at radius 3 is 2.24 bits per heavy atom. The lowest BCUT2D eigenvalue weighted by Crippen LogP contribution is -2.59. The SMILES string of the molecule is COc1cccc2c1C(=O)c1c(O)c3c(c(O)c1C2=O)C[C@@](O)(C(C)=O)C[C@@H]3OC1C[C@H](NC(=O)OCc2ccc(NC(=O)OC3O[C@H](CO)[C@@H](O)[C@H](O)[C@H]3O)cc2)[C@H](O)[C@H](C)O1. The number of alkyl carbamates (subject to hydrolysis) is 1. The first-order valence-electron chi connectivity index (χ1n) is 19.8. The predicted octanol–water partition coefficient (Wildman–Crippen LogP) is 0.345. The average Bonchev–Trinajstić information content (AvgIpc) is 3.25. The van der Waals surface area contributed by atoms with Crippen LogP contribution in [-0.4, -0.2) is 145 Å². The second-order valence-electron chi connectivity index (χ2n) is 15.7. The quantitative estimate of drug-likeness (QED) is 0.0961. The van der Waals surface area contributed by atoms with Gasteiger partial charge in [0, 0.05) is 41.6 Å². The number of ether oxygens (including phenoxy) is 6. The van der Waals surface area contributed by atoms with E-state index in [1.165, 1.54) is 56.5 Å². The highest BCUT2D eigenvalue weighted by Crippen LogP contribution is 2.52. The molecule has 4 aliphatic rings. The maximum absolute atomic E-state index is 13.9. The number of rotatable bonds is 10. The van der Waals surface area contributed by atoms with Gasteiger partial charge < -0.3 is 74.6 Å². The highest BCUT2D eigenvalue weighted by Gasteiger charge is 2.50. The van der Waals surface area contributed by atoms with Gasteiger partial charge in [0.2, 0.25) is 12.1 Å². The number of Topliss-reactive ketones (excluding diaryl/α,β-unsaturated/α-hetero) is 1. The fourth-order valence-electron chi connectivity index (χ4n) is 8.21. The van der Waals surface area contributed by atoms with E-state index in [1.807, 2.05) is 0 Å². The minimum Gasteiger partial charge on any atom is -0.507 e. The van der Waals surface area contributed by atoms with E-state index < -0.39 is 139 Å². The summed E-state index contributed by atoms with van der Waals surface area (Å²) in [5, 5.41) is 90.1. The minimum atomic E-state index is -2.16. The van der Waals surface area contributed by atoms with Crippen LogP contribution >= 0.6 is 0 Å². The monoisotopic (exact) mass is 882 g/mol. The molecule has 3 aromatic carbocycles. The highest BCUT2D eigenvalue weighted by molar-refractivity contribution is 6.31. The van der Waals surface area contributed by atoms with E-state index in [2.05, 4.69) is 10.6 Å². The number of ketones is 3. The molecule has 0 spiro atoms. The zero-order chi connectivity index (χ0) is 45.7. The van der Waals surface area contributed by atoms with Gasteiger partial charge in [-0.25, -0.2) is 9.59 Å². The summed E-state index contributed by atoms with van der Waals surface area (Å²) in [5.41, 5.74) is -3.13. The van der Waals surface area contributed by atoms with E-state index in [-0.39, 0.29) is 46.7 Å². The van der Waals surface area contributed by atoms with Gasteiger partial charge >= 0.3 is 12.2 Å². The summed E-state index contributed by atoms with van der Waals surface area (Å²) < 4.78 is 33.0. The molecule has 0 aromatic heterocycles. The fraction of sp³-hybridized carbons (Fsp3) is 0.452. The van der Waals surface area contributed by atoms with Crippen molar-refractivity contribution in [3.8, 4) is 17.2 Å². The molecule has 21 nitrogen and oxygen atoms in total. The smallest absolute Gasteiger partial charge is 0.414 e. The molecule has 2 saturated heterocycles. The number of carbonyl (C=O) groups excluding carboxylic acids is 5. The van der Waals surface area contributed by atoms with Crippen molar-refractivity contribution in [2.45, 2.75) is 107 Å². The molecule has 2 amide bonds. The zero-order valence-electron chi connectivity index (χ0n) is 33.9. The van der Waals surface area contributed by atoms with Gasteiger partial charge in [-0.3, -0.25) is 19.7 Å². The number of amides is 2. The van der Waals surface area contributed by atoms with Crippen LogP contribution < -0.4 is 15.4 Å². The molecule has 11 atom stereocenters. The van der Waals surface area contributed by atoms with Crippen LogP contribution in [0.5, 0.6) is 17.2 Å². The number of phenols is 2. The van der Waals surface area contributed by atoms with E-state index in [0.717, 1.165) is 6.92 Å². The summed E-state index contributed by atoms with van der Waals surface area (Å²) in [4.78, 5) is 66.0. The van der Waals surface area contributed by atoms with Crippen molar-refractivity contribution in [2.24, 2.45) is 0 Å².